The molecule has 1 rings (SSSR count). The summed E-state index contributed by atoms with van der Waals surface area (Å²) in [6.45, 7) is 1.87. The molecule has 0 aliphatic rings. The number of hydroxylamine groups is 1. The van der Waals surface area contributed by atoms with E-state index in [9.17, 15) is 4.79 Å². The van der Waals surface area contributed by atoms with Crippen LogP contribution < -0.4 is 11.0 Å². The van der Waals surface area contributed by atoms with Crippen molar-refractivity contribution in [2.45, 2.75) is 6.92 Å². The molecule has 1 aromatic rings. The lowest BCUT2D eigenvalue weighted by atomic mass is 10.2. The number of hydrogen-bond donors (Lipinski definition) is 3. The summed E-state index contributed by atoms with van der Waals surface area (Å²) in [5, 5.41) is 16.0. The van der Waals surface area contributed by atoms with E-state index >= 15 is 0 Å². The molecule has 0 aromatic carbocycles. The third-order valence-electron chi connectivity index (χ3n) is 1.86. The van der Waals surface area contributed by atoms with Crippen LogP contribution in [0.1, 0.15) is 12.5 Å². The molecule has 0 radical (unpaired) electrons. The van der Waals surface area contributed by atoms with Gasteiger partial charge in [-0.2, -0.15) is 0 Å². The predicted molar refractivity (Wildman–Crippen MR) is 60.3 cm³/mol. The second-order valence-electron chi connectivity index (χ2n) is 3.04. The van der Waals surface area contributed by atoms with Crippen LogP contribution in [0.4, 0.5) is 0 Å². The molecule has 1 aromatic heterocycles. The number of carbonyl (C=O) groups excluding carboxylic acids is 1. The van der Waals surface area contributed by atoms with E-state index in [0.717, 1.165) is 0 Å². The van der Waals surface area contributed by atoms with Gasteiger partial charge in [0, 0.05) is 18.5 Å². The van der Waals surface area contributed by atoms with Crippen LogP contribution in [0.25, 0.3) is 12.3 Å². The molecule has 1 amide bonds. The third kappa shape index (κ3) is 3.21. The van der Waals surface area contributed by atoms with Crippen LogP contribution in [0.2, 0.25) is 0 Å². The summed E-state index contributed by atoms with van der Waals surface area (Å²) >= 11 is 0. The third-order valence-corrected chi connectivity index (χ3v) is 1.86. The maximum absolute atomic E-state index is 10.7. The predicted octanol–water partition coefficient (Wildman–Crippen LogP) is 0.977. The average molecular weight is 219 g/mol. The minimum Gasteiger partial charge on any atom is -0.309 e. The molecule has 16 heavy (non-hydrogen) atoms. The van der Waals surface area contributed by atoms with Gasteiger partial charge in [0.1, 0.15) is 5.49 Å². The van der Waals surface area contributed by atoms with Gasteiger partial charge >= 0.3 is 0 Å². The van der Waals surface area contributed by atoms with E-state index in [1.165, 1.54) is 17.6 Å². The average Bonchev–Trinajstić information content (AvgIpc) is 2.29. The Morgan fingerprint density at radius 3 is 2.94 bits per heavy atom. The number of carbonyl (C=O) groups is 1. The fourth-order valence-electron chi connectivity index (χ4n) is 1.13. The second kappa shape index (κ2) is 5.67. The number of allylic oxidation sites excluding steroid dienone is 1. The van der Waals surface area contributed by atoms with Gasteiger partial charge in [-0.25, -0.2) is 5.48 Å². The first-order valence-corrected chi connectivity index (χ1v) is 4.69. The van der Waals surface area contributed by atoms with Crippen LogP contribution in [0.3, 0.4) is 0 Å². The zero-order valence-corrected chi connectivity index (χ0v) is 8.84. The molecule has 0 bridgehead atoms. The molecule has 0 saturated heterocycles. The largest absolute Gasteiger partial charge is 0.309 e. The van der Waals surface area contributed by atoms with Gasteiger partial charge < -0.3 is 4.57 Å². The molecule has 0 spiro atoms. The highest BCUT2D eigenvalue weighted by molar-refractivity contribution is 5.90. The summed E-state index contributed by atoms with van der Waals surface area (Å²) in [7, 11) is 0. The van der Waals surface area contributed by atoms with Crippen LogP contribution in [-0.2, 0) is 4.79 Å². The van der Waals surface area contributed by atoms with Crippen molar-refractivity contribution in [3.05, 3.63) is 41.5 Å². The maximum atomic E-state index is 10.7. The summed E-state index contributed by atoms with van der Waals surface area (Å²) in [6, 6.07) is 3.38. The van der Waals surface area contributed by atoms with E-state index < -0.39 is 5.91 Å². The molecular formula is C11H13N3O2. The van der Waals surface area contributed by atoms with Crippen molar-refractivity contribution in [3.63, 3.8) is 0 Å². The van der Waals surface area contributed by atoms with Crippen molar-refractivity contribution in [1.82, 2.24) is 10.0 Å². The summed E-state index contributed by atoms with van der Waals surface area (Å²) in [6.07, 6.45) is 8.01. The molecule has 3 N–H and O–H groups in total. The summed E-state index contributed by atoms with van der Waals surface area (Å²) < 4.78 is 1.64. The van der Waals surface area contributed by atoms with Crippen molar-refractivity contribution in [2.24, 2.45) is 0 Å². The fourth-order valence-corrected chi connectivity index (χ4v) is 1.13. The Morgan fingerprint density at radius 1 is 1.62 bits per heavy atom. The smallest absolute Gasteiger partial charge is 0.267 e. The number of pyridine rings is 1. The van der Waals surface area contributed by atoms with E-state index in [2.05, 4.69) is 0 Å². The fraction of sp³-hybridized carbons (Fsp3) is 0.0909. The van der Waals surface area contributed by atoms with Gasteiger partial charge in [-0.3, -0.25) is 15.4 Å². The van der Waals surface area contributed by atoms with Crippen LogP contribution in [0.15, 0.2) is 30.5 Å². The molecule has 1 heterocycles. The molecule has 0 fully saturated rings. The molecule has 5 heteroatoms. The molecule has 84 valence electrons. The number of nitrogens with one attached hydrogen (secondary N) is 2. The van der Waals surface area contributed by atoms with Gasteiger partial charge in [0.15, 0.2) is 0 Å². The Morgan fingerprint density at radius 2 is 2.38 bits per heavy atom. The number of hydrogen-bond acceptors (Lipinski definition) is 3. The maximum Gasteiger partial charge on any atom is 0.267 e. The number of aromatic nitrogens is 1. The zero-order chi connectivity index (χ0) is 12.0. The minimum absolute atomic E-state index is 0.310. The molecule has 0 aliphatic carbocycles. The molecule has 0 saturated carbocycles. The number of amides is 1. The second-order valence-corrected chi connectivity index (χ2v) is 3.04. The van der Waals surface area contributed by atoms with Gasteiger partial charge in [-0.15, -0.1) is 0 Å². The Bertz CT molecular complexity index is 486. The van der Waals surface area contributed by atoms with Gasteiger partial charge in [-0.1, -0.05) is 6.08 Å². The Balaban J connectivity index is 2.94. The number of rotatable bonds is 3. The van der Waals surface area contributed by atoms with E-state index in [0.29, 0.717) is 11.1 Å². The van der Waals surface area contributed by atoms with Gasteiger partial charge in [0.25, 0.3) is 5.91 Å². The monoisotopic (exact) mass is 219 g/mol. The minimum atomic E-state index is -0.600. The Labute approximate surface area is 92.8 Å². The lowest BCUT2D eigenvalue weighted by Gasteiger charge is -2.00. The van der Waals surface area contributed by atoms with Gasteiger partial charge in [-0.05, 0) is 30.7 Å². The van der Waals surface area contributed by atoms with Crippen molar-refractivity contribution < 1.29 is 10.0 Å². The van der Waals surface area contributed by atoms with Gasteiger partial charge in [0.2, 0.25) is 0 Å². The SMILES string of the molecule is C/C=C/n1ccc(/C=C/C(=O)NO)cc1=N. The van der Waals surface area contributed by atoms with Crippen molar-refractivity contribution in [3.8, 4) is 0 Å². The zero-order valence-electron chi connectivity index (χ0n) is 8.84. The molecule has 0 aliphatic heterocycles. The van der Waals surface area contributed by atoms with Crippen molar-refractivity contribution >= 4 is 18.2 Å². The highest BCUT2D eigenvalue weighted by Crippen LogP contribution is 1.98. The van der Waals surface area contributed by atoms with Crippen molar-refractivity contribution in [2.75, 3.05) is 0 Å². The molecule has 0 unspecified atom stereocenters. The van der Waals surface area contributed by atoms with E-state index in [1.54, 1.807) is 29.1 Å². The summed E-state index contributed by atoms with van der Waals surface area (Å²) in [4.78, 5) is 10.7. The van der Waals surface area contributed by atoms with E-state index in [-0.39, 0.29) is 0 Å². The quantitative estimate of drug-likeness (QED) is 0.402. The first kappa shape index (κ1) is 11.9. The van der Waals surface area contributed by atoms with Crippen LogP contribution >= 0.6 is 0 Å². The van der Waals surface area contributed by atoms with Crippen LogP contribution in [0.5, 0.6) is 0 Å². The van der Waals surface area contributed by atoms with E-state index in [1.807, 2.05) is 13.0 Å². The summed E-state index contributed by atoms with van der Waals surface area (Å²) in [5.74, 6) is -0.600. The first-order valence-electron chi connectivity index (χ1n) is 4.69. The van der Waals surface area contributed by atoms with Gasteiger partial charge in [0.05, 0.1) is 0 Å². The number of nitrogens with zero attached hydrogens (tertiary/aromatic N) is 1. The topological polar surface area (TPSA) is 78.1 Å². The normalized spacial score (nSPS) is 11.1. The Kier molecular flexibility index (Phi) is 4.23. The van der Waals surface area contributed by atoms with Crippen LogP contribution in [0, 0.1) is 5.41 Å². The molecule has 0 atom stereocenters. The highest BCUT2D eigenvalue weighted by Gasteiger charge is 1.92. The highest BCUT2D eigenvalue weighted by atomic mass is 16.5. The Hall–Kier alpha value is -2.14. The lowest BCUT2D eigenvalue weighted by Crippen LogP contribution is -2.15. The van der Waals surface area contributed by atoms with E-state index in [4.69, 9.17) is 10.6 Å². The van der Waals surface area contributed by atoms with Crippen molar-refractivity contribution in [1.29, 1.82) is 5.41 Å². The molecular weight excluding hydrogens is 206 g/mol. The standard InChI is InChI=1S/C11H13N3O2/c1-2-6-14-7-5-9(8-10(14)12)3-4-11(15)13-16/h2-8,12,16H,1H3,(H,13,15)/b4-3+,6-2+,12-10?. The van der Waals surface area contributed by atoms with Crippen LogP contribution in [-0.4, -0.2) is 15.7 Å². The first-order chi connectivity index (χ1) is 7.67. The summed E-state index contributed by atoms with van der Waals surface area (Å²) in [5.41, 5.74) is 2.52. The molecule has 5 nitrogen and oxygen atoms in total. The lowest BCUT2D eigenvalue weighted by molar-refractivity contribution is -0.124.